The molecule has 0 aliphatic carbocycles. The molecular formula is C21H27NO2. The molecule has 0 saturated carbocycles. The third-order valence-corrected chi connectivity index (χ3v) is 4.04. The van der Waals surface area contributed by atoms with E-state index in [9.17, 15) is 4.79 Å². The lowest BCUT2D eigenvalue weighted by molar-refractivity contribution is -0.127. The Bertz CT molecular complexity index is 694. The average molecular weight is 325 g/mol. The van der Waals surface area contributed by atoms with E-state index in [4.69, 9.17) is 4.74 Å². The monoisotopic (exact) mass is 325 g/mol. The first-order valence-corrected chi connectivity index (χ1v) is 8.53. The van der Waals surface area contributed by atoms with E-state index in [2.05, 4.69) is 36.5 Å². The van der Waals surface area contributed by atoms with Gasteiger partial charge in [-0.1, -0.05) is 42.0 Å². The van der Waals surface area contributed by atoms with Crippen LogP contribution in [0.25, 0.3) is 0 Å². The molecule has 2 rings (SSSR count). The van der Waals surface area contributed by atoms with Gasteiger partial charge in [0.25, 0.3) is 5.91 Å². The van der Waals surface area contributed by atoms with Crippen molar-refractivity contribution < 1.29 is 9.53 Å². The van der Waals surface area contributed by atoms with Crippen LogP contribution < -0.4 is 10.1 Å². The SMILES string of the molecule is Cc1cccc(CCCNC(=O)[C@H](C)Oc2cc(C)ccc2C)c1. The summed E-state index contributed by atoms with van der Waals surface area (Å²) in [5, 5.41) is 2.96. The summed E-state index contributed by atoms with van der Waals surface area (Å²) < 4.78 is 5.81. The van der Waals surface area contributed by atoms with Gasteiger partial charge < -0.3 is 10.1 Å². The van der Waals surface area contributed by atoms with Crippen LogP contribution in [0.3, 0.4) is 0 Å². The van der Waals surface area contributed by atoms with Crippen molar-refractivity contribution in [2.24, 2.45) is 0 Å². The molecule has 3 heteroatoms. The molecule has 0 fully saturated rings. The van der Waals surface area contributed by atoms with Gasteiger partial charge in [0.05, 0.1) is 0 Å². The summed E-state index contributed by atoms with van der Waals surface area (Å²) in [6.07, 6.45) is 1.39. The van der Waals surface area contributed by atoms with Gasteiger partial charge in [0, 0.05) is 6.54 Å². The van der Waals surface area contributed by atoms with Crippen LogP contribution in [0.5, 0.6) is 5.75 Å². The fourth-order valence-electron chi connectivity index (χ4n) is 2.59. The number of amides is 1. The first-order chi connectivity index (χ1) is 11.5. The fourth-order valence-corrected chi connectivity index (χ4v) is 2.59. The molecular weight excluding hydrogens is 298 g/mol. The number of carbonyl (C=O) groups is 1. The molecule has 0 bridgehead atoms. The molecule has 3 nitrogen and oxygen atoms in total. The van der Waals surface area contributed by atoms with Crippen LogP contribution in [0.2, 0.25) is 0 Å². The zero-order chi connectivity index (χ0) is 17.5. The average Bonchev–Trinajstić information content (AvgIpc) is 2.55. The molecule has 24 heavy (non-hydrogen) atoms. The van der Waals surface area contributed by atoms with Gasteiger partial charge in [-0.25, -0.2) is 0 Å². The van der Waals surface area contributed by atoms with Gasteiger partial charge in [-0.2, -0.15) is 0 Å². The molecule has 2 aromatic carbocycles. The van der Waals surface area contributed by atoms with Crippen molar-refractivity contribution >= 4 is 5.91 Å². The lowest BCUT2D eigenvalue weighted by atomic mass is 10.1. The maximum atomic E-state index is 12.2. The molecule has 1 N–H and O–H groups in total. The molecule has 128 valence electrons. The molecule has 2 aromatic rings. The highest BCUT2D eigenvalue weighted by Gasteiger charge is 2.15. The normalized spacial score (nSPS) is 11.8. The largest absolute Gasteiger partial charge is 0.481 e. The highest BCUT2D eigenvalue weighted by Crippen LogP contribution is 2.20. The molecule has 0 spiro atoms. The van der Waals surface area contributed by atoms with Gasteiger partial charge >= 0.3 is 0 Å². The number of aryl methyl sites for hydroxylation is 4. The van der Waals surface area contributed by atoms with Crippen molar-refractivity contribution in [2.75, 3.05) is 6.54 Å². The van der Waals surface area contributed by atoms with Crippen LogP contribution >= 0.6 is 0 Å². The standard InChI is InChI=1S/C21H27NO2/c1-15-7-5-8-19(13-15)9-6-12-22-21(23)18(4)24-20-14-16(2)10-11-17(20)3/h5,7-8,10-11,13-14,18H,6,9,12H2,1-4H3,(H,22,23)/t18-/m0/s1. The van der Waals surface area contributed by atoms with Crippen molar-refractivity contribution in [1.29, 1.82) is 0 Å². The first-order valence-electron chi connectivity index (χ1n) is 8.53. The first kappa shape index (κ1) is 18.1. The van der Waals surface area contributed by atoms with Gasteiger partial charge in [0.15, 0.2) is 6.10 Å². The molecule has 0 aliphatic rings. The second-order valence-electron chi connectivity index (χ2n) is 6.41. The minimum atomic E-state index is -0.496. The summed E-state index contributed by atoms with van der Waals surface area (Å²) in [6.45, 7) is 8.55. The Morgan fingerprint density at radius 2 is 1.83 bits per heavy atom. The Kier molecular flexibility index (Phi) is 6.42. The fraction of sp³-hybridized carbons (Fsp3) is 0.381. The zero-order valence-electron chi connectivity index (χ0n) is 15.1. The second kappa shape index (κ2) is 8.53. The van der Waals surface area contributed by atoms with E-state index in [0.29, 0.717) is 6.54 Å². The summed E-state index contributed by atoms with van der Waals surface area (Å²) in [4.78, 5) is 12.2. The van der Waals surface area contributed by atoms with Gasteiger partial charge in [-0.3, -0.25) is 4.79 Å². The number of nitrogens with one attached hydrogen (secondary N) is 1. The van der Waals surface area contributed by atoms with Crippen LogP contribution in [-0.2, 0) is 11.2 Å². The maximum Gasteiger partial charge on any atom is 0.260 e. The number of hydrogen-bond acceptors (Lipinski definition) is 2. The highest BCUT2D eigenvalue weighted by molar-refractivity contribution is 5.80. The Hall–Kier alpha value is -2.29. The molecule has 0 unspecified atom stereocenters. The Balaban J connectivity index is 1.76. The van der Waals surface area contributed by atoms with E-state index >= 15 is 0 Å². The van der Waals surface area contributed by atoms with E-state index in [-0.39, 0.29) is 5.91 Å². The van der Waals surface area contributed by atoms with Gasteiger partial charge in [-0.05, 0) is 63.3 Å². The zero-order valence-corrected chi connectivity index (χ0v) is 15.1. The maximum absolute atomic E-state index is 12.2. The summed E-state index contributed by atoms with van der Waals surface area (Å²) in [6, 6.07) is 14.5. The van der Waals surface area contributed by atoms with Crippen molar-refractivity contribution in [3.63, 3.8) is 0 Å². The Morgan fingerprint density at radius 3 is 2.58 bits per heavy atom. The second-order valence-corrected chi connectivity index (χ2v) is 6.41. The summed E-state index contributed by atoms with van der Waals surface area (Å²) >= 11 is 0. The van der Waals surface area contributed by atoms with Crippen LogP contribution in [0.1, 0.15) is 35.6 Å². The molecule has 0 aliphatic heterocycles. The van der Waals surface area contributed by atoms with Gasteiger partial charge in [-0.15, -0.1) is 0 Å². The van der Waals surface area contributed by atoms with E-state index < -0.39 is 6.10 Å². The van der Waals surface area contributed by atoms with Crippen molar-refractivity contribution in [3.05, 3.63) is 64.7 Å². The van der Waals surface area contributed by atoms with Crippen molar-refractivity contribution in [1.82, 2.24) is 5.32 Å². The van der Waals surface area contributed by atoms with Gasteiger partial charge in [0.1, 0.15) is 5.75 Å². The third-order valence-electron chi connectivity index (χ3n) is 4.04. The van der Waals surface area contributed by atoms with Crippen molar-refractivity contribution in [3.8, 4) is 5.75 Å². The molecule has 1 atom stereocenters. The Morgan fingerprint density at radius 1 is 1.08 bits per heavy atom. The minimum Gasteiger partial charge on any atom is -0.481 e. The minimum absolute atomic E-state index is 0.0693. The van der Waals surface area contributed by atoms with Gasteiger partial charge in [0.2, 0.25) is 0 Å². The van der Waals surface area contributed by atoms with E-state index in [0.717, 1.165) is 29.7 Å². The smallest absolute Gasteiger partial charge is 0.260 e. The van der Waals surface area contributed by atoms with E-state index in [1.165, 1.54) is 11.1 Å². The van der Waals surface area contributed by atoms with Crippen LogP contribution in [-0.4, -0.2) is 18.6 Å². The number of ether oxygens (including phenoxy) is 1. The predicted molar refractivity (Wildman–Crippen MR) is 98.5 cm³/mol. The quantitative estimate of drug-likeness (QED) is 0.777. The third kappa shape index (κ3) is 5.41. The van der Waals surface area contributed by atoms with Crippen LogP contribution in [0.4, 0.5) is 0 Å². The lowest BCUT2D eigenvalue weighted by Crippen LogP contribution is -2.37. The van der Waals surface area contributed by atoms with Crippen LogP contribution in [0.15, 0.2) is 42.5 Å². The summed E-state index contributed by atoms with van der Waals surface area (Å²) in [5.41, 5.74) is 4.75. The molecule has 0 saturated heterocycles. The number of carbonyl (C=O) groups excluding carboxylic acids is 1. The van der Waals surface area contributed by atoms with E-state index in [1.54, 1.807) is 6.92 Å². The summed E-state index contributed by atoms with van der Waals surface area (Å²) in [7, 11) is 0. The number of rotatable bonds is 7. The summed E-state index contributed by atoms with van der Waals surface area (Å²) in [5.74, 6) is 0.706. The molecule has 1 amide bonds. The molecule has 0 aromatic heterocycles. The molecule has 0 heterocycles. The van der Waals surface area contributed by atoms with E-state index in [1.807, 2.05) is 32.0 Å². The number of benzene rings is 2. The van der Waals surface area contributed by atoms with Crippen LogP contribution in [0, 0.1) is 20.8 Å². The highest BCUT2D eigenvalue weighted by atomic mass is 16.5. The Labute approximate surface area is 145 Å². The predicted octanol–water partition coefficient (Wildman–Crippen LogP) is 4.13. The van der Waals surface area contributed by atoms with Crippen molar-refractivity contribution in [2.45, 2.75) is 46.6 Å². The number of hydrogen-bond donors (Lipinski definition) is 1. The lowest BCUT2D eigenvalue weighted by Gasteiger charge is -2.16. The topological polar surface area (TPSA) is 38.3 Å². The molecule has 0 radical (unpaired) electrons.